The molecule has 0 unspecified atom stereocenters. The van der Waals surface area contributed by atoms with Crippen LogP contribution in [-0.2, 0) is 9.59 Å². The van der Waals surface area contributed by atoms with Gasteiger partial charge in [-0.3, -0.25) is 14.9 Å². The Bertz CT molecular complexity index is 212. The monoisotopic (exact) mass is 183 g/mol. The number of nitrogens with one attached hydrogen (secondary N) is 1. The molecule has 0 aromatic rings. The first-order chi connectivity index (χ1) is 5.87. The summed E-state index contributed by atoms with van der Waals surface area (Å²) in [6, 6.07) is 0. The van der Waals surface area contributed by atoms with Crippen molar-refractivity contribution in [2.24, 2.45) is 11.3 Å². The van der Waals surface area contributed by atoms with Gasteiger partial charge in [-0.25, -0.2) is 0 Å². The summed E-state index contributed by atoms with van der Waals surface area (Å²) in [7, 11) is 0. The molecule has 0 aliphatic carbocycles. The Kier molecular flexibility index (Phi) is 2.74. The second kappa shape index (κ2) is 3.48. The van der Waals surface area contributed by atoms with Crippen LogP contribution in [0.5, 0.6) is 0 Å². The maximum absolute atomic E-state index is 11.0. The van der Waals surface area contributed by atoms with Crippen molar-refractivity contribution in [3.05, 3.63) is 0 Å². The fourth-order valence-corrected chi connectivity index (χ4v) is 1.86. The van der Waals surface area contributed by atoms with Crippen molar-refractivity contribution >= 4 is 11.8 Å². The number of hydrogen-bond donors (Lipinski definition) is 1. The van der Waals surface area contributed by atoms with E-state index in [9.17, 15) is 9.59 Å². The predicted molar refractivity (Wildman–Crippen MR) is 49.9 cm³/mol. The van der Waals surface area contributed by atoms with E-state index in [1.54, 1.807) is 0 Å². The lowest BCUT2D eigenvalue weighted by atomic mass is 9.80. The van der Waals surface area contributed by atoms with Gasteiger partial charge in [0.1, 0.15) is 0 Å². The number of imide groups is 1. The molecule has 0 radical (unpaired) electrons. The molecule has 3 nitrogen and oxygen atoms in total. The molecular formula is C10H17NO2. The highest BCUT2D eigenvalue weighted by Crippen LogP contribution is 2.29. The van der Waals surface area contributed by atoms with E-state index in [4.69, 9.17) is 0 Å². The van der Waals surface area contributed by atoms with Gasteiger partial charge in [0.05, 0.1) is 0 Å². The summed E-state index contributed by atoms with van der Waals surface area (Å²) in [6.45, 7) is 6.39. The van der Waals surface area contributed by atoms with E-state index in [-0.39, 0.29) is 23.1 Å². The summed E-state index contributed by atoms with van der Waals surface area (Å²) < 4.78 is 0. The van der Waals surface area contributed by atoms with Gasteiger partial charge in [-0.2, -0.15) is 0 Å². The Hall–Kier alpha value is -0.860. The van der Waals surface area contributed by atoms with Crippen molar-refractivity contribution < 1.29 is 9.59 Å². The van der Waals surface area contributed by atoms with E-state index in [1.807, 2.05) is 0 Å². The Labute approximate surface area is 78.9 Å². The van der Waals surface area contributed by atoms with Gasteiger partial charge in [0.25, 0.3) is 0 Å². The molecule has 0 saturated carbocycles. The van der Waals surface area contributed by atoms with Gasteiger partial charge in [-0.15, -0.1) is 0 Å². The minimum Gasteiger partial charge on any atom is -0.296 e. The Morgan fingerprint density at radius 3 is 2.08 bits per heavy atom. The predicted octanol–water partition coefficient (Wildman–Crippen LogP) is 1.48. The van der Waals surface area contributed by atoms with Crippen molar-refractivity contribution in [3.63, 3.8) is 0 Å². The molecule has 13 heavy (non-hydrogen) atoms. The zero-order valence-corrected chi connectivity index (χ0v) is 8.52. The van der Waals surface area contributed by atoms with Crippen molar-refractivity contribution in [1.82, 2.24) is 5.32 Å². The third kappa shape index (κ3) is 3.57. The summed E-state index contributed by atoms with van der Waals surface area (Å²) in [6.07, 6.45) is 1.94. The Morgan fingerprint density at radius 2 is 1.69 bits per heavy atom. The lowest BCUT2D eigenvalue weighted by Gasteiger charge is -2.27. The Balaban J connectivity index is 2.51. The maximum atomic E-state index is 11.0. The van der Waals surface area contributed by atoms with E-state index in [0.717, 1.165) is 6.42 Å². The largest absolute Gasteiger partial charge is 0.296 e. The number of carbonyl (C=O) groups is 2. The number of hydrogen-bond acceptors (Lipinski definition) is 2. The van der Waals surface area contributed by atoms with Gasteiger partial charge in [-0.1, -0.05) is 20.8 Å². The molecular weight excluding hydrogens is 166 g/mol. The molecule has 0 bridgehead atoms. The fraction of sp³-hybridized carbons (Fsp3) is 0.800. The molecule has 0 aromatic carbocycles. The minimum atomic E-state index is -0.120. The zero-order chi connectivity index (χ0) is 10.1. The molecule has 1 rings (SSSR count). The molecule has 0 spiro atoms. The molecule has 3 heteroatoms. The van der Waals surface area contributed by atoms with E-state index in [0.29, 0.717) is 12.8 Å². The quantitative estimate of drug-likeness (QED) is 0.626. The molecule has 74 valence electrons. The highest BCUT2D eigenvalue weighted by atomic mass is 16.2. The van der Waals surface area contributed by atoms with Crippen LogP contribution in [0.1, 0.15) is 40.0 Å². The lowest BCUT2D eigenvalue weighted by molar-refractivity contribution is -0.135. The van der Waals surface area contributed by atoms with Crippen LogP contribution in [0.15, 0.2) is 0 Å². The van der Waals surface area contributed by atoms with Crippen molar-refractivity contribution in [1.29, 1.82) is 0 Å². The average Bonchev–Trinajstić information content (AvgIpc) is 1.78. The van der Waals surface area contributed by atoms with E-state index >= 15 is 0 Å². The smallest absolute Gasteiger partial charge is 0.226 e. The topological polar surface area (TPSA) is 46.2 Å². The first-order valence-electron chi connectivity index (χ1n) is 4.69. The first kappa shape index (κ1) is 10.2. The molecule has 0 atom stereocenters. The lowest BCUT2D eigenvalue weighted by Crippen LogP contribution is -2.39. The maximum Gasteiger partial charge on any atom is 0.226 e. The normalized spacial score (nSPS) is 20.2. The molecule has 1 heterocycles. The second-order valence-electron chi connectivity index (χ2n) is 5.01. The standard InChI is InChI=1S/C10H17NO2/c1-10(2,3)6-7-4-8(12)11-9(13)5-7/h7H,4-6H2,1-3H3,(H,11,12,13). The number of carbonyl (C=O) groups excluding carboxylic acids is 2. The summed E-state index contributed by atoms with van der Waals surface area (Å²) in [5.74, 6) is -0.00255. The van der Waals surface area contributed by atoms with Crippen LogP contribution in [0.4, 0.5) is 0 Å². The van der Waals surface area contributed by atoms with Gasteiger partial charge in [0.15, 0.2) is 0 Å². The SMILES string of the molecule is CC(C)(C)CC1CC(=O)NC(=O)C1. The molecule has 1 N–H and O–H groups in total. The van der Waals surface area contributed by atoms with Crippen molar-refractivity contribution in [2.45, 2.75) is 40.0 Å². The Morgan fingerprint density at radius 1 is 1.23 bits per heavy atom. The van der Waals surface area contributed by atoms with Gasteiger partial charge in [0, 0.05) is 12.8 Å². The fourth-order valence-electron chi connectivity index (χ4n) is 1.86. The number of piperidine rings is 1. The summed E-state index contributed by atoms with van der Waals surface area (Å²) in [5.41, 5.74) is 0.197. The average molecular weight is 183 g/mol. The van der Waals surface area contributed by atoms with Crippen LogP contribution in [-0.4, -0.2) is 11.8 Å². The van der Waals surface area contributed by atoms with Crippen LogP contribution in [0.3, 0.4) is 0 Å². The molecule has 1 aliphatic rings. The summed E-state index contributed by atoms with van der Waals surface area (Å²) in [4.78, 5) is 22.1. The second-order valence-corrected chi connectivity index (χ2v) is 5.01. The molecule has 1 saturated heterocycles. The number of amides is 2. The van der Waals surface area contributed by atoms with Gasteiger partial charge >= 0.3 is 0 Å². The van der Waals surface area contributed by atoms with E-state index in [2.05, 4.69) is 26.1 Å². The van der Waals surface area contributed by atoms with Crippen LogP contribution in [0.25, 0.3) is 0 Å². The van der Waals surface area contributed by atoms with Gasteiger partial charge in [-0.05, 0) is 17.8 Å². The van der Waals surface area contributed by atoms with E-state index < -0.39 is 0 Å². The van der Waals surface area contributed by atoms with E-state index in [1.165, 1.54) is 0 Å². The third-order valence-corrected chi connectivity index (χ3v) is 2.13. The number of rotatable bonds is 1. The highest BCUT2D eigenvalue weighted by molar-refractivity contribution is 5.97. The minimum absolute atomic E-state index is 0.120. The first-order valence-corrected chi connectivity index (χ1v) is 4.69. The van der Waals surface area contributed by atoms with Gasteiger partial charge < -0.3 is 0 Å². The summed E-state index contributed by atoms with van der Waals surface area (Å²) >= 11 is 0. The zero-order valence-electron chi connectivity index (χ0n) is 8.52. The van der Waals surface area contributed by atoms with Crippen LogP contribution in [0, 0.1) is 11.3 Å². The molecule has 1 aliphatic heterocycles. The third-order valence-electron chi connectivity index (χ3n) is 2.13. The molecule has 2 amide bonds. The van der Waals surface area contributed by atoms with Crippen LogP contribution >= 0.6 is 0 Å². The van der Waals surface area contributed by atoms with Crippen molar-refractivity contribution in [2.75, 3.05) is 0 Å². The van der Waals surface area contributed by atoms with Crippen LogP contribution < -0.4 is 5.32 Å². The van der Waals surface area contributed by atoms with Gasteiger partial charge in [0.2, 0.25) is 11.8 Å². The molecule has 1 fully saturated rings. The highest BCUT2D eigenvalue weighted by Gasteiger charge is 2.28. The molecule has 0 aromatic heterocycles. The van der Waals surface area contributed by atoms with Crippen molar-refractivity contribution in [3.8, 4) is 0 Å². The summed E-state index contributed by atoms with van der Waals surface area (Å²) in [5, 5.41) is 2.32. The van der Waals surface area contributed by atoms with Crippen LogP contribution in [0.2, 0.25) is 0 Å².